The second-order valence-electron chi connectivity index (χ2n) is 5.85. The van der Waals surface area contributed by atoms with E-state index >= 15 is 0 Å². The van der Waals surface area contributed by atoms with E-state index < -0.39 is 21.8 Å². The summed E-state index contributed by atoms with van der Waals surface area (Å²) in [6, 6.07) is 6.38. The van der Waals surface area contributed by atoms with Crippen molar-refractivity contribution in [3.63, 3.8) is 0 Å². The summed E-state index contributed by atoms with van der Waals surface area (Å²) in [5, 5.41) is 6.90. The largest absolute Gasteiger partial charge is 0.309 e. The molecule has 0 aliphatic carbocycles. The normalized spacial score (nSPS) is 18.4. The second-order valence-corrected chi connectivity index (χ2v) is 7.79. The Bertz CT molecular complexity index is 864. The third kappa shape index (κ3) is 3.72. The van der Waals surface area contributed by atoms with Crippen LogP contribution in [-0.2, 0) is 21.4 Å². The lowest BCUT2D eigenvalue weighted by atomic mass is 10.1. The minimum Gasteiger partial charge on any atom is -0.309 e. The van der Waals surface area contributed by atoms with Crippen LogP contribution in [0.5, 0.6) is 0 Å². The molecule has 0 spiro atoms. The number of rotatable bonds is 5. The SMILES string of the molecule is CCn1ccc(NC(=O)C2CCN(S(=O)(=O)c3ccc(F)cc3)C2)n1. The first-order valence-electron chi connectivity index (χ1n) is 8.00. The van der Waals surface area contributed by atoms with E-state index in [1.807, 2.05) is 6.92 Å². The fourth-order valence-corrected chi connectivity index (χ4v) is 4.25. The monoisotopic (exact) mass is 366 g/mol. The topological polar surface area (TPSA) is 84.3 Å². The van der Waals surface area contributed by atoms with Crippen molar-refractivity contribution in [3.05, 3.63) is 42.3 Å². The zero-order valence-electron chi connectivity index (χ0n) is 13.7. The maximum absolute atomic E-state index is 13.0. The number of nitrogens with zero attached hydrogens (tertiary/aromatic N) is 3. The Morgan fingerprint density at radius 3 is 2.68 bits per heavy atom. The van der Waals surface area contributed by atoms with Gasteiger partial charge in [-0.25, -0.2) is 12.8 Å². The van der Waals surface area contributed by atoms with Gasteiger partial charge in [-0.2, -0.15) is 9.40 Å². The predicted molar refractivity (Wildman–Crippen MR) is 89.8 cm³/mol. The number of hydrogen-bond donors (Lipinski definition) is 1. The fourth-order valence-electron chi connectivity index (χ4n) is 2.75. The minimum atomic E-state index is -3.73. The summed E-state index contributed by atoms with van der Waals surface area (Å²) >= 11 is 0. The number of nitrogens with one attached hydrogen (secondary N) is 1. The summed E-state index contributed by atoms with van der Waals surface area (Å²) in [6.45, 7) is 2.98. The molecule has 3 rings (SSSR count). The van der Waals surface area contributed by atoms with Gasteiger partial charge >= 0.3 is 0 Å². The molecular weight excluding hydrogens is 347 g/mol. The lowest BCUT2D eigenvalue weighted by Gasteiger charge is -2.16. The number of carbonyl (C=O) groups excluding carboxylic acids is 1. The molecule has 25 heavy (non-hydrogen) atoms. The van der Waals surface area contributed by atoms with Crippen molar-refractivity contribution in [1.82, 2.24) is 14.1 Å². The summed E-state index contributed by atoms with van der Waals surface area (Å²) < 4.78 is 41.1. The Hall–Kier alpha value is -2.26. The smallest absolute Gasteiger partial charge is 0.243 e. The van der Waals surface area contributed by atoms with Gasteiger partial charge in [0.2, 0.25) is 15.9 Å². The Morgan fingerprint density at radius 1 is 1.32 bits per heavy atom. The first-order chi connectivity index (χ1) is 11.9. The lowest BCUT2D eigenvalue weighted by Crippen LogP contribution is -2.31. The van der Waals surface area contributed by atoms with Gasteiger partial charge in [0.05, 0.1) is 10.8 Å². The maximum Gasteiger partial charge on any atom is 0.243 e. The molecule has 1 N–H and O–H groups in total. The molecule has 134 valence electrons. The summed E-state index contributed by atoms with van der Waals surface area (Å²) in [5.74, 6) is -0.740. The molecule has 1 aliphatic rings. The van der Waals surface area contributed by atoms with Crippen molar-refractivity contribution in [1.29, 1.82) is 0 Å². The van der Waals surface area contributed by atoms with Crippen molar-refractivity contribution >= 4 is 21.7 Å². The van der Waals surface area contributed by atoms with Crippen molar-refractivity contribution in [3.8, 4) is 0 Å². The van der Waals surface area contributed by atoms with Crippen LogP contribution >= 0.6 is 0 Å². The Balaban J connectivity index is 1.66. The molecular formula is C16H19FN4O3S. The molecule has 0 bridgehead atoms. The van der Waals surface area contributed by atoms with Crippen LogP contribution in [0.4, 0.5) is 10.2 Å². The second kappa shape index (κ2) is 6.93. The lowest BCUT2D eigenvalue weighted by molar-refractivity contribution is -0.119. The van der Waals surface area contributed by atoms with E-state index in [1.165, 1.54) is 16.4 Å². The van der Waals surface area contributed by atoms with E-state index in [1.54, 1.807) is 16.9 Å². The molecule has 1 amide bonds. The van der Waals surface area contributed by atoms with Crippen LogP contribution in [0.3, 0.4) is 0 Å². The molecule has 1 aliphatic heterocycles. The van der Waals surface area contributed by atoms with Crippen molar-refractivity contribution in [2.45, 2.75) is 24.8 Å². The number of halogens is 1. The molecule has 9 heteroatoms. The van der Waals surface area contributed by atoms with Crippen LogP contribution in [0.25, 0.3) is 0 Å². The first kappa shape index (κ1) is 17.6. The molecule has 0 saturated carbocycles. The predicted octanol–water partition coefficient (Wildman–Crippen LogP) is 1.69. The number of hydrogen-bond acceptors (Lipinski definition) is 4. The summed E-state index contributed by atoms with van der Waals surface area (Å²) in [4.78, 5) is 12.4. The molecule has 1 fully saturated rings. The molecule has 7 nitrogen and oxygen atoms in total. The molecule has 1 saturated heterocycles. The number of carbonyl (C=O) groups is 1. The van der Waals surface area contributed by atoms with Crippen LogP contribution in [0, 0.1) is 11.7 Å². The van der Waals surface area contributed by atoms with Gasteiger partial charge in [0.25, 0.3) is 0 Å². The Morgan fingerprint density at radius 2 is 2.04 bits per heavy atom. The zero-order chi connectivity index (χ0) is 18.0. The average Bonchev–Trinajstić information content (AvgIpc) is 3.24. The van der Waals surface area contributed by atoms with Gasteiger partial charge in [0.1, 0.15) is 5.82 Å². The highest BCUT2D eigenvalue weighted by atomic mass is 32.2. The van der Waals surface area contributed by atoms with E-state index in [4.69, 9.17) is 0 Å². The van der Waals surface area contributed by atoms with Crippen molar-refractivity contribution in [2.24, 2.45) is 5.92 Å². The van der Waals surface area contributed by atoms with Gasteiger partial charge in [0, 0.05) is 31.9 Å². The molecule has 0 radical (unpaired) electrons. The van der Waals surface area contributed by atoms with Crippen LogP contribution < -0.4 is 5.32 Å². The van der Waals surface area contributed by atoms with Gasteiger partial charge in [-0.05, 0) is 37.6 Å². The van der Waals surface area contributed by atoms with Crippen LogP contribution in [0.15, 0.2) is 41.4 Å². The number of aromatic nitrogens is 2. The van der Waals surface area contributed by atoms with Crippen LogP contribution in [0.1, 0.15) is 13.3 Å². The van der Waals surface area contributed by atoms with Crippen molar-refractivity contribution < 1.29 is 17.6 Å². The van der Waals surface area contributed by atoms with E-state index in [0.717, 1.165) is 12.1 Å². The van der Waals surface area contributed by atoms with Crippen LogP contribution in [-0.4, -0.2) is 41.5 Å². The van der Waals surface area contributed by atoms with Gasteiger partial charge in [-0.15, -0.1) is 0 Å². The standard InChI is InChI=1S/C16H19FN4O3S/c1-2-20-9-8-15(19-20)18-16(22)12-7-10-21(11-12)25(23,24)14-5-3-13(17)4-6-14/h3-6,8-9,12H,2,7,10-11H2,1H3,(H,18,19,22). The molecule has 2 heterocycles. The fraction of sp³-hybridized carbons (Fsp3) is 0.375. The van der Waals surface area contributed by atoms with E-state index in [2.05, 4.69) is 10.4 Å². The first-order valence-corrected chi connectivity index (χ1v) is 9.44. The number of aryl methyl sites for hydroxylation is 1. The number of amides is 1. The summed E-state index contributed by atoms with van der Waals surface area (Å²) in [6.07, 6.45) is 2.19. The zero-order valence-corrected chi connectivity index (χ0v) is 14.5. The minimum absolute atomic E-state index is 0.0247. The highest BCUT2D eigenvalue weighted by molar-refractivity contribution is 7.89. The van der Waals surface area contributed by atoms with E-state index in [0.29, 0.717) is 18.8 Å². The summed E-state index contributed by atoms with van der Waals surface area (Å²) in [7, 11) is -3.73. The van der Waals surface area contributed by atoms with Crippen LogP contribution in [0.2, 0.25) is 0 Å². The number of benzene rings is 1. The van der Waals surface area contributed by atoms with E-state index in [-0.39, 0.29) is 23.9 Å². The van der Waals surface area contributed by atoms with Gasteiger partial charge in [0.15, 0.2) is 5.82 Å². The van der Waals surface area contributed by atoms with Crippen molar-refractivity contribution in [2.75, 3.05) is 18.4 Å². The quantitative estimate of drug-likeness (QED) is 0.873. The average molecular weight is 366 g/mol. The van der Waals surface area contributed by atoms with Gasteiger partial charge in [-0.3, -0.25) is 9.48 Å². The molecule has 2 aromatic rings. The number of sulfonamides is 1. The highest BCUT2D eigenvalue weighted by Gasteiger charge is 2.36. The molecule has 1 unspecified atom stereocenters. The summed E-state index contributed by atoms with van der Waals surface area (Å²) in [5.41, 5.74) is 0. The third-order valence-electron chi connectivity index (χ3n) is 4.19. The van der Waals surface area contributed by atoms with Gasteiger partial charge < -0.3 is 5.32 Å². The van der Waals surface area contributed by atoms with Gasteiger partial charge in [-0.1, -0.05) is 0 Å². The highest BCUT2D eigenvalue weighted by Crippen LogP contribution is 2.25. The molecule has 1 aromatic carbocycles. The molecule has 1 aromatic heterocycles. The number of anilines is 1. The third-order valence-corrected chi connectivity index (χ3v) is 6.07. The Kier molecular flexibility index (Phi) is 4.87. The molecule has 1 atom stereocenters. The van der Waals surface area contributed by atoms with E-state index in [9.17, 15) is 17.6 Å². The Labute approximate surface area is 145 Å². The maximum atomic E-state index is 13.0.